The Balaban J connectivity index is 1.81. The van der Waals surface area contributed by atoms with Gasteiger partial charge >= 0.3 is 0 Å². The van der Waals surface area contributed by atoms with Crippen molar-refractivity contribution in [2.45, 2.75) is 57.6 Å². The molecule has 44 heavy (non-hydrogen) atoms. The third-order valence-electron chi connectivity index (χ3n) is 7.23. The summed E-state index contributed by atoms with van der Waals surface area (Å²) >= 11 is 6.44. The standard InChI is InChI=1S/C35H38ClN3O4S/c1-25(2)37-35(41)33(21-28-11-7-5-8-12-28)38(23-29-13-9-6-10-14-29)34(40)24-39(30-18-17-27(4)32(36)22-30)44(42,43)31-19-15-26(3)16-20-31/h5-20,22,25,33H,21,23-24H2,1-4H3,(H,37,41). The smallest absolute Gasteiger partial charge is 0.264 e. The summed E-state index contributed by atoms with van der Waals surface area (Å²) in [6.45, 7) is 6.97. The van der Waals surface area contributed by atoms with Crippen LogP contribution >= 0.6 is 11.6 Å². The number of aryl methyl sites for hydroxylation is 2. The van der Waals surface area contributed by atoms with Gasteiger partial charge in [0.05, 0.1) is 10.6 Å². The van der Waals surface area contributed by atoms with Crippen molar-refractivity contribution < 1.29 is 18.0 Å². The number of benzene rings is 4. The van der Waals surface area contributed by atoms with Crippen LogP contribution in [0.5, 0.6) is 0 Å². The number of anilines is 1. The molecule has 4 aromatic rings. The molecule has 2 amide bonds. The molecule has 0 fully saturated rings. The first-order valence-electron chi connectivity index (χ1n) is 14.5. The van der Waals surface area contributed by atoms with Gasteiger partial charge in [-0.1, -0.05) is 96.0 Å². The normalized spacial score (nSPS) is 12.0. The van der Waals surface area contributed by atoms with Crippen molar-refractivity contribution in [1.29, 1.82) is 0 Å². The predicted octanol–water partition coefficient (Wildman–Crippen LogP) is 6.32. The lowest BCUT2D eigenvalue weighted by atomic mass is 10.0. The summed E-state index contributed by atoms with van der Waals surface area (Å²) in [5, 5.41) is 3.34. The SMILES string of the molecule is Cc1ccc(S(=O)(=O)N(CC(=O)N(Cc2ccccc2)C(Cc2ccccc2)C(=O)NC(C)C)c2ccc(C)c(Cl)c2)cc1. The van der Waals surface area contributed by atoms with Crippen LogP contribution in [0.2, 0.25) is 5.02 Å². The zero-order chi connectivity index (χ0) is 31.9. The molecule has 4 rings (SSSR count). The molecule has 1 N–H and O–H groups in total. The highest BCUT2D eigenvalue weighted by atomic mass is 35.5. The Hall–Kier alpha value is -4.14. The molecule has 9 heteroatoms. The highest BCUT2D eigenvalue weighted by Gasteiger charge is 2.35. The molecule has 0 aliphatic carbocycles. The third kappa shape index (κ3) is 8.27. The van der Waals surface area contributed by atoms with Gasteiger partial charge in [0.15, 0.2) is 0 Å². The van der Waals surface area contributed by atoms with Crippen LogP contribution in [0.1, 0.15) is 36.1 Å². The molecule has 0 spiro atoms. The summed E-state index contributed by atoms with van der Waals surface area (Å²) in [5.41, 5.74) is 3.60. The maximum absolute atomic E-state index is 14.4. The van der Waals surface area contributed by atoms with Gasteiger partial charge in [0.2, 0.25) is 11.8 Å². The largest absolute Gasteiger partial charge is 0.352 e. The number of hydrogen-bond acceptors (Lipinski definition) is 4. The van der Waals surface area contributed by atoms with E-state index in [-0.39, 0.29) is 35.5 Å². The second-order valence-electron chi connectivity index (χ2n) is 11.1. The third-order valence-corrected chi connectivity index (χ3v) is 9.42. The molecule has 0 aromatic heterocycles. The Morgan fingerprint density at radius 2 is 1.41 bits per heavy atom. The number of amides is 2. The number of rotatable bonds is 12. The van der Waals surface area contributed by atoms with Crippen LogP contribution in [0, 0.1) is 13.8 Å². The minimum Gasteiger partial charge on any atom is -0.352 e. The van der Waals surface area contributed by atoms with Crippen LogP contribution in [0.4, 0.5) is 5.69 Å². The van der Waals surface area contributed by atoms with Crippen molar-refractivity contribution in [3.63, 3.8) is 0 Å². The van der Waals surface area contributed by atoms with Gasteiger partial charge in [-0.3, -0.25) is 13.9 Å². The fraction of sp³-hybridized carbons (Fsp3) is 0.257. The molecule has 0 radical (unpaired) electrons. The lowest BCUT2D eigenvalue weighted by molar-refractivity contribution is -0.140. The Morgan fingerprint density at radius 1 is 0.818 bits per heavy atom. The predicted molar refractivity (Wildman–Crippen MR) is 176 cm³/mol. The minimum absolute atomic E-state index is 0.0422. The van der Waals surface area contributed by atoms with Gasteiger partial charge in [-0.05, 0) is 68.7 Å². The molecule has 0 aliphatic heterocycles. The molecule has 7 nitrogen and oxygen atoms in total. The quantitative estimate of drug-likeness (QED) is 0.198. The number of hydrogen-bond donors (Lipinski definition) is 1. The summed E-state index contributed by atoms with van der Waals surface area (Å²) in [7, 11) is -4.20. The summed E-state index contributed by atoms with van der Waals surface area (Å²) in [5.74, 6) is -0.847. The van der Waals surface area contributed by atoms with Crippen molar-refractivity contribution in [1.82, 2.24) is 10.2 Å². The van der Waals surface area contributed by atoms with E-state index in [0.717, 1.165) is 26.6 Å². The van der Waals surface area contributed by atoms with E-state index in [0.29, 0.717) is 5.02 Å². The molecule has 1 atom stereocenters. The first-order valence-corrected chi connectivity index (χ1v) is 16.3. The molecule has 4 aromatic carbocycles. The van der Waals surface area contributed by atoms with Gasteiger partial charge in [-0.15, -0.1) is 0 Å². The fourth-order valence-corrected chi connectivity index (χ4v) is 6.40. The second kappa shape index (κ2) is 14.6. The molecule has 0 saturated carbocycles. The van der Waals surface area contributed by atoms with Crippen LogP contribution in [0.25, 0.3) is 0 Å². The lowest BCUT2D eigenvalue weighted by Gasteiger charge is -2.34. The zero-order valence-corrected chi connectivity index (χ0v) is 27.0. The van der Waals surface area contributed by atoms with Crippen LogP contribution in [0.15, 0.2) is 108 Å². The molecule has 0 saturated heterocycles. The fourth-order valence-electron chi connectivity index (χ4n) is 4.82. The Kier molecular flexibility index (Phi) is 10.8. The van der Waals surface area contributed by atoms with E-state index in [1.54, 1.807) is 30.3 Å². The zero-order valence-electron chi connectivity index (χ0n) is 25.4. The molecule has 0 heterocycles. The van der Waals surface area contributed by atoms with Crippen LogP contribution in [-0.4, -0.2) is 43.8 Å². The van der Waals surface area contributed by atoms with Crippen molar-refractivity contribution in [2.24, 2.45) is 0 Å². The average Bonchev–Trinajstić information content (AvgIpc) is 3.00. The van der Waals surface area contributed by atoms with E-state index in [1.807, 2.05) is 88.4 Å². The van der Waals surface area contributed by atoms with Crippen LogP contribution in [0.3, 0.4) is 0 Å². The number of nitrogens with zero attached hydrogens (tertiary/aromatic N) is 2. The van der Waals surface area contributed by atoms with E-state index in [9.17, 15) is 18.0 Å². The summed E-state index contributed by atoms with van der Waals surface area (Å²) < 4.78 is 29.3. The Labute approximate surface area is 265 Å². The number of nitrogens with one attached hydrogen (secondary N) is 1. The van der Waals surface area contributed by atoms with Gasteiger partial charge in [0.1, 0.15) is 12.6 Å². The van der Waals surface area contributed by atoms with E-state index in [2.05, 4.69) is 5.32 Å². The second-order valence-corrected chi connectivity index (χ2v) is 13.4. The molecule has 1 unspecified atom stereocenters. The number of sulfonamides is 1. The molecular weight excluding hydrogens is 594 g/mol. The van der Waals surface area contributed by atoms with Crippen molar-refractivity contribution >= 4 is 39.1 Å². The van der Waals surface area contributed by atoms with E-state index in [1.165, 1.54) is 17.0 Å². The average molecular weight is 632 g/mol. The number of carbonyl (C=O) groups excluding carboxylic acids is 2. The van der Waals surface area contributed by atoms with Gasteiger partial charge in [0, 0.05) is 24.0 Å². The first-order chi connectivity index (χ1) is 21.0. The Morgan fingerprint density at radius 3 is 1.98 bits per heavy atom. The van der Waals surface area contributed by atoms with Gasteiger partial charge in [-0.2, -0.15) is 0 Å². The topological polar surface area (TPSA) is 86.8 Å². The lowest BCUT2D eigenvalue weighted by Crippen LogP contribution is -2.54. The summed E-state index contributed by atoms with van der Waals surface area (Å²) in [4.78, 5) is 29.7. The maximum Gasteiger partial charge on any atom is 0.264 e. The van der Waals surface area contributed by atoms with Crippen molar-refractivity contribution in [3.05, 3.63) is 130 Å². The van der Waals surface area contributed by atoms with Gasteiger partial charge in [-0.25, -0.2) is 8.42 Å². The Bertz CT molecular complexity index is 1680. The highest BCUT2D eigenvalue weighted by Crippen LogP contribution is 2.29. The van der Waals surface area contributed by atoms with Crippen LogP contribution < -0.4 is 9.62 Å². The summed E-state index contributed by atoms with van der Waals surface area (Å²) in [6, 6.07) is 29.1. The molecule has 0 aliphatic rings. The number of halogens is 1. The van der Waals surface area contributed by atoms with Gasteiger partial charge in [0.25, 0.3) is 10.0 Å². The van der Waals surface area contributed by atoms with E-state index < -0.39 is 28.5 Å². The maximum atomic E-state index is 14.4. The van der Waals surface area contributed by atoms with Crippen molar-refractivity contribution in [2.75, 3.05) is 10.8 Å². The summed E-state index contributed by atoms with van der Waals surface area (Å²) in [6.07, 6.45) is 0.249. The minimum atomic E-state index is -4.20. The van der Waals surface area contributed by atoms with Crippen molar-refractivity contribution in [3.8, 4) is 0 Å². The molecular formula is C35H38ClN3O4S. The number of carbonyl (C=O) groups is 2. The van der Waals surface area contributed by atoms with E-state index in [4.69, 9.17) is 11.6 Å². The van der Waals surface area contributed by atoms with Gasteiger partial charge < -0.3 is 10.2 Å². The molecule has 230 valence electrons. The highest BCUT2D eigenvalue weighted by molar-refractivity contribution is 7.92. The van der Waals surface area contributed by atoms with Crippen LogP contribution in [-0.2, 0) is 32.6 Å². The molecule has 0 bridgehead atoms. The first kappa shape index (κ1) is 32.8. The van der Waals surface area contributed by atoms with E-state index >= 15 is 0 Å². The monoisotopic (exact) mass is 631 g/mol.